The van der Waals surface area contributed by atoms with Crippen LogP contribution in [0.3, 0.4) is 0 Å². The fourth-order valence-corrected chi connectivity index (χ4v) is 0.718. The van der Waals surface area contributed by atoms with Gasteiger partial charge in [0.05, 0.1) is 12.5 Å². The monoisotopic (exact) mass is 148 g/mol. The summed E-state index contributed by atoms with van der Waals surface area (Å²) in [6, 6.07) is 1.72. The maximum atomic E-state index is 8.33. The smallest absolute Gasteiger partial charge is 0.115 e. The van der Waals surface area contributed by atoms with Crippen LogP contribution < -0.4 is 5.73 Å². The van der Waals surface area contributed by atoms with Crippen LogP contribution in [0.15, 0.2) is 18.7 Å². The maximum absolute atomic E-state index is 8.33. The van der Waals surface area contributed by atoms with Gasteiger partial charge in [-0.3, -0.25) is 0 Å². The third-order valence-electron chi connectivity index (χ3n) is 1.32. The molecule has 0 aliphatic carbocycles. The van der Waals surface area contributed by atoms with Crippen molar-refractivity contribution < 1.29 is 0 Å². The third-order valence-corrected chi connectivity index (χ3v) is 1.32. The molecule has 0 aliphatic heterocycles. The lowest BCUT2D eigenvalue weighted by Gasteiger charge is -2.04. The average molecular weight is 148 g/mol. The molecule has 11 heavy (non-hydrogen) atoms. The van der Waals surface area contributed by atoms with E-state index in [1.165, 1.54) is 6.33 Å². The van der Waals surface area contributed by atoms with Crippen molar-refractivity contribution in [1.82, 2.24) is 9.97 Å². The first kappa shape index (κ1) is 7.63. The van der Waals surface area contributed by atoms with Crippen LogP contribution in [-0.2, 0) is 0 Å². The molecule has 0 radical (unpaired) electrons. The molecule has 1 aromatic rings. The molecule has 1 atom stereocenters. The Morgan fingerprint density at radius 1 is 1.55 bits per heavy atom. The SMILES string of the molecule is N#CC[C@@H](N)c1cncnc1. The average Bonchev–Trinajstić information content (AvgIpc) is 2.07. The molecule has 0 bridgehead atoms. The van der Waals surface area contributed by atoms with E-state index in [4.69, 9.17) is 11.0 Å². The Balaban J connectivity index is 2.70. The lowest BCUT2D eigenvalue weighted by Crippen LogP contribution is -2.09. The van der Waals surface area contributed by atoms with Crippen molar-refractivity contribution in [2.45, 2.75) is 12.5 Å². The standard InChI is InChI=1S/C7H8N4/c8-2-1-7(9)6-3-10-5-11-4-6/h3-5,7H,1,9H2/t7-/m1/s1. The second-order valence-electron chi connectivity index (χ2n) is 2.14. The van der Waals surface area contributed by atoms with Gasteiger partial charge in [0, 0.05) is 24.0 Å². The van der Waals surface area contributed by atoms with Crippen LogP contribution in [0.4, 0.5) is 0 Å². The summed E-state index contributed by atoms with van der Waals surface area (Å²) in [4.78, 5) is 7.57. The minimum absolute atomic E-state index is 0.263. The lowest BCUT2D eigenvalue weighted by atomic mass is 10.1. The van der Waals surface area contributed by atoms with Crippen molar-refractivity contribution >= 4 is 0 Å². The maximum Gasteiger partial charge on any atom is 0.115 e. The zero-order chi connectivity index (χ0) is 8.10. The van der Waals surface area contributed by atoms with Gasteiger partial charge in [0.2, 0.25) is 0 Å². The predicted octanol–water partition coefficient (Wildman–Crippen LogP) is 0.390. The summed E-state index contributed by atoms with van der Waals surface area (Å²) in [5, 5.41) is 8.33. The molecule has 1 aromatic heterocycles. The third kappa shape index (κ3) is 1.99. The first-order valence-corrected chi connectivity index (χ1v) is 3.22. The number of hydrogen-bond acceptors (Lipinski definition) is 4. The highest BCUT2D eigenvalue weighted by Crippen LogP contribution is 2.08. The van der Waals surface area contributed by atoms with E-state index in [1.807, 2.05) is 6.07 Å². The van der Waals surface area contributed by atoms with Crippen molar-refractivity contribution in [2.75, 3.05) is 0 Å². The summed E-state index contributed by atoms with van der Waals surface area (Å²) in [6.45, 7) is 0. The van der Waals surface area contributed by atoms with E-state index in [-0.39, 0.29) is 6.04 Å². The van der Waals surface area contributed by atoms with Gasteiger partial charge in [-0.25, -0.2) is 9.97 Å². The van der Waals surface area contributed by atoms with E-state index in [2.05, 4.69) is 9.97 Å². The number of hydrogen-bond donors (Lipinski definition) is 1. The van der Waals surface area contributed by atoms with Crippen molar-refractivity contribution in [3.63, 3.8) is 0 Å². The van der Waals surface area contributed by atoms with E-state index in [1.54, 1.807) is 12.4 Å². The van der Waals surface area contributed by atoms with Gasteiger partial charge < -0.3 is 5.73 Å². The van der Waals surface area contributed by atoms with Crippen molar-refractivity contribution in [1.29, 1.82) is 5.26 Å². The quantitative estimate of drug-likeness (QED) is 0.658. The molecular weight excluding hydrogens is 140 g/mol. The molecule has 1 heterocycles. The molecule has 0 unspecified atom stereocenters. The van der Waals surface area contributed by atoms with Gasteiger partial charge in [-0.05, 0) is 0 Å². The molecule has 0 spiro atoms. The Kier molecular flexibility index (Phi) is 2.53. The summed E-state index contributed by atoms with van der Waals surface area (Å²) in [5.41, 5.74) is 6.40. The Labute approximate surface area is 64.7 Å². The van der Waals surface area contributed by atoms with Crippen molar-refractivity contribution in [3.05, 3.63) is 24.3 Å². The number of nitrogens with two attached hydrogens (primary N) is 1. The lowest BCUT2D eigenvalue weighted by molar-refractivity contribution is 0.738. The topological polar surface area (TPSA) is 75.6 Å². The van der Waals surface area contributed by atoms with Gasteiger partial charge in [0.25, 0.3) is 0 Å². The Morgan fingerprint density at radius 2 is 2.18 bits per heavy atom. The molecule has 0 aliphatic rings. The summed E-state index contributed by atoms with van der Waals surface area (Å²) < 4.78 is 0. The highest BCUT2D eigenvalue weighted by atomic mass is 14.8. The number of nitriles is 1. The van der Waals surface area contributed by atoms with E-state index in [9.17, 15) is 0 Å². The second kappa shape index (κ2) is 3.64. The zero-order valence-electron chi connectivity index (χ0n) is 5.94. The predicted molar refractivity (Wildman–Crippen MR) is 39.2 cm³/mol. The van der Waals surface area contributed by atoms with Gasteiger partial charge in [-0.2, -0.15) is 5.26 Å². The second-order valence-corrected chi connectivity index (χ2v) is 2.14. The number of nitrogens with zero attached hydrogens (tertiary/aromatic N) is 3. The molecule has 1 rings (SSSR count). The van der Waals surface area contributed by atoms with Crippen LogP contribution in [0.25, 0.3) is 0 Å². The van der Waals surface area contributed by atoms with Crippen LogP contribution in [0.2, 0.25) is 0 Å². The van der Waals surface area contributed by atoms with Crippen LogP contribution in [0.1, 0.15) is 18.0 Å². The van der Waals surface area contributed by atoms with Gasteiger partial charge in [0.1, 0.15) is 6.33 Å². The normalized spacial score (nSPS) is 12.0. The van der Waals surface area contributed by atoms with E-state index < -0.39 is 0 Å². The molecule has 0 fully saturated rings. The first-order chi connectivity index (χ1) is 5.34. The van der Waals surface area contributed by atoms with Crippen LogP contribution in [0.5, 0.6) is 0 Å². The van der Waals surface area contributed by atoms with E-state index in [0.29, 0.717) is 6.42 Å². The van der Waals surface area contributed by atoms with Crippen molar-refractivity contribution in [2.24, 2.45) is 5.73 Å². The molecule has 2 N–H and O–H groups in total. The van der Waals surface area contributed by atoms with E-state index >= 15 is 0 Å². The van der Waals surface area contributed by atoms with Crippen LogP contribution in [0, 0.1) is 11.3 Å². The Bertz CT molecular complexity index is 251. The highest BCUT2D eigenvalue weighted by molar-refractivity contribution is 5.09. The van der Waals surface area contributed by atoms with Crippen LogP contribution >= 0.6 is 0 Å². The number of rotatable bonds is 2. The van der Waals surface area contributed by atoms with Crippen molar-refractivity contribution in [3.8, 4) is 6.07 Å². The van der Waals surface area contributed by atoms with Gasteiger partial charge in [-0.15, -0.1) is 0 Å². The Hall–Kier alpha value is -1.47. The molecule has 0 saturated carbocycles. The fraction of sp³-hybridized carbons (Fsp3) is 0.286. The summed E-state index contributed by atoms with van der Waals surface area (Å²) in [6.07, 6.45) is 4.97. The minimum atomic E-state index is -0.263. The summed E-state index contributed by atoms with van der Waals surface area (Å²) in [5.74, 6) is 0. The summed E-state index contributed by atoms with van der Waals surface area (Å²) >= 11 is 0. The van der Waals surface area contributed by atoms with Gasteiger partial charge in [0.15, 0.2) is 0 Å². The highest BCUT2D eigenvalue weighted by Gasteiger charge is 2.03. The van der Waals surface area contributed by atoms with E-state index in [0.717, 1.165) is 5.56 Å². The van der Waals surface area contributed by atoms with Gasteiger partial charge >= 0.3 is 0 Å². The molecule has 0 saturated heterocycles. The fourth-order valence-electron chi connectivity index (χ4n) is 0.718. The minimum Gasteiger partial charge on any atom is -0.323 e. The molecule has 4 nitrogen and oxygen atoms in total. The zero-order valence-corrected chi connectivity index (χ0v) is 5.94. The largest absolute Gasteiger partial charge is 0.323 e. The molecule has 0 aromatic carbocycles. The molecule has 56 valence electrons. The molecule has 0 amide bonds. The number of aromatic nitrogens is 2. The Morgan fingerprint density at radius 3 is 2.73 bits per heavy atom. The summed E-state index contributed by atoms with van der Waals surface area (Å²) in [7, 11) is 0. The van der Waals surface area contributed by atoms with Gasteiger partial charge in [-0.1, -0.05) is 0 Å². The van der Waals surface area contributed by atoms with Crippen LogP contribution in [-0.4, -0.2) is 9.97 Å². The molecule has 4 heteroatoms. The first-order valence-electron chi connectivity index (χ1n) is 3.22. The molecular formula is C7H8N4.